The molecule has 10 heteroatoms. The molecule has 2 aromatic carbocycles. The number of thiophene rings is 1. The van der Waals surface area contributed by atoms with Crippen LogP contribution in [0.25, 0.3) is 5.69 Å². The number of hydrogen-bond donors (Lipinski definition) is 1. The smallest absolute Gasteiger partial charge is 0.295 e. The highest BCUT2D eigenvalue weighted by Gasteiger charge is 2.40. The van der Waals surface area contributed by atoms with Crippen LogP contribution in [0, 0.1) is 6.92 Å². The highest BCUT2D eigenvalue weighted by molar-refractivity contribution is 7.91. The number of amides is 1. The molecule has 2 aromatic heterocycles. The van der Waals surface area contributed by atoms with Gasteiger partial charge in [-0.15, -0.1) is 11.3 Å². The summed E-state index contributed by atoms with van der Waals surface area (Å²) in [5.41, 5.74) is 2.76. The first-order chi connectivity index (χ1) is 16.8. The Kier molecular flexibility index (Phi) is 5.96. The number of nitrogens with one attached hydrogen (secondary N) is 1. The summed E-state index contributed by atoms with van der Waals surface area (Å²) >= 11 is 1.11. The van der Waals surface area contributed by atoms with E-state index in [1.807, 2.05) is 42.5 Å². The molecular weight excluding hydrogens is 484 g/mol. The van der Waals surface area contributed by atoms with E-state index in [2.05, 4.69) is 5.32 Å². The number of hydrogen-bond acceptors (Lipinski definition) is 5. The highest BCUT2D eigenvalue weighted by atomic mass is 32.2. The van der Waals surface area contributed by atoms with Gasteiger partial charge in [-0.25, -0.2) is 13.1 Å². The number of benzene rings is 2. The fraction of sp³-hybridized carbons (Fsp3) is 0.200. The number of fused-ring (bicyclic) bond motifs is 1. The van der Waals surface area contributed by atoms with Gasteiger partial charge in [0.1, 0.15) is 15.9 Å². The Bertz CT molecular complexity index is 1550. The Morgan fingerprint density at radius 3 is 2.37 bits per heavy atom. The van der Waals surface area contributed by atoms with Crippen LogP contribution in [-0.4, -0.2) is 34.0 Å². The Labute approximate surface area is 207 Å². The van der Waals surface area contributed by atoms with Gasteiger partial charge in [0, 0.05) is 13.6 Å². The Hall–Kier alpha value is -3.47. The lowest BCUT2D eigenvalue weighted by atomic mass is 9.95. The molecule has 1 amide bonds. The zero-order chi connectivity index (χ0) is 24.7. The quantitative estimate of drug-likeness (QED) is 0.448. The van der Waals surface area contributed by atoms with E-state index in [9.17, 15) is 18.0 Å². The summed E-state index contributed by atoms with van der Waals surface area (Å²) in [7, 11) is -2.17. The van der Waals surface area contributed by atoms with Crippen molar-refractivity contribution < 1.29 is 13.2 Å². The van der Waals surface area contributed by atoms with Crippen LogP contribution >= 0.6 is 11.3 Å². The first-order valence-electron chi connectivity index (χ1n) is 11.1. The SMILES string of the molecule is Cc1c(NC(=O)C2Cc3ccccc3CN2S(=O)(=O)c2cccs2)c(=O)n(-c2ccccc2)n1C. The molecule has 4 aromatic rings. The lowest BCUT2D eigenvalue weighted by Crippen LogP contribution is -2.50. The van der Waals surface area contributed by atoms with Crippen molar-refractivity contribution in [3.05, 3.63) is 99.3 Å². The van der Waals surface area contributed by atoms with Gasteiger partial charge in [0.15, 0.2) is 0 Å². The average molecular weight is 509 g/mol. The molecule has 0 spiro atoms. The minimum atomic E-state index is -3.91. The molecule has 5 rings (SSSR count). The number of aromatic nitrogens is 2. The van der Waals surface area contributed by atoms with Crippen LogP contribution in [0.2, 0.25) is 0 Å². The Morgan fingerprint density at radius 1 is 1.00 bits per heavy atom. The highest BCUT2D eigenvalue weighted by Crippen LogP contribution is 2.31. The van der Waals surface area contributed by atoms with Crippen molar-refractivity contribution in [2.24, 2.45) is 7.05 Å². The van der Waals surface area contributed by atoms with Crippen molar-refractivity contribution in [3.63, 3.8) is 0 Å². The molecule has 8 nitrogen and oxygen atoms in total. The second kappa shape index (κ2) is 8.95. The molecule has 0 saturated carbocycles. The zero-order valence-electron chi connectivity index (χ0n) is 19.2. The van der Waals surface area contributed by atoms with Gasteiger partial charge in [0.2, 0.25) is 5.91 Å². The first kappa shape index (κ1) is 23.3. The summed E-state index contributed by atoms with van der Waals surface area (Å²) in [5, 5.41) is 4.46. The van der Waals surface area contributed by atoms with Gasteiger partial charge in [-0.2, -0.15) is 4.31 Å². The summed E-state index contributed by atoms with van der Waals surface area (Å²) in [4.78, 5) is 26.9. The van der Waals surface area contributed by atoms with Crippen LogP contribution in [-0.2, 0) is 34.8 Å². The topological polar surface area (TPSA) is 93.4 Å². The van der Waals surface area contributed by atoms with Crippen LogP contribution < -0.4 is 10.9 Å². The second-order valence-corrected chi connectivity index (χ2v) is 11.5. The number of rotatable bonds is 5. The van der Waals surface area contributed by atoms with Crippen molar-refractivity contribution in [3.8, 4) is 5.69 Å². The van der Waals surface area contributed by atoms with Crippen molar-refractivity contribution in [1.82, 2.24) is 13.7 Å². The van der Waals surface area contributed by atoms with Crippen molar-refractivity contribution in [1.29, 1.82) is 0 Å². The minimum Gasteiger partial charge on any atom is -0.319 e. The Morgan fingerprint density at radius 2 is 1.69 bits per heavy atom. The van der Waals surface area contributed by atoms with E-state index in [1.165, 1.54) is 15.1 Å². The summed E-state index contributed by atoms with van der Waals surface area (Å²) in [6.07, 6.45) is 0.214. The summed E-state index contributed by atoms with van der Waals surface area (Å²) in [6, 6.07) is 18.8. The third kappa shape index (κ3) is 4.03. The number of carbonyl (C=O) groups excluding carboxylic acids is 1. The summed E-state index contributed by atoms with van der Waals surface area (Å²) < 4.78 is 31.5. The Balaban J connectivity index is 1.53. The van der Waals surface area contributed by atoms with Gasteiger partial charge in [0.25, 0.3) is 15.6 Å². The molecule has 3 heterocycles. The molecule has 0 aliphatic carbocycles. The van der Waals surface area contributed by atoms with Crippen molar-refractivity contribution in [2.45, 2.75) is 30.1 Å². The second-order valence-electron chi connectivity index (χ2n) is 8.40. The minimum absolute atomic E-state index is 0.0799. The third-order valence-electron chi connectivity index (χ3n) is 6.37. The maximum atomic E-state index is 13.6. The third-order valence-corrected chi connectivity index (χ3v) is 9.60. The van der Waals surface area contributed by atoms with Crippen LogP contribution in [0.4, 0.5) is 5.69 Å². The van der Waals surface area contributed by atoms with E-state index < -0.39 is 22.0 Å². The van der Waals surface area contributed by atoms with E-state index in [0.29, 0.717) is 11.4 Å². The van der Waals surface area contributed by atoms with Crippen molar-refractivity contribution >= 4 is 33.0 Å². The summed E-state index contributed by atoms with van der Waals surface area (Å²) in [6.45, 7) is 1.82. The fourth-order valence-electron chi connectivity index (χ4n) is 4.42. The van der Waals surface area contributed by atoms with Crippen LogP contribution in [0.1, 0.15) is 16.8 Å². The van der Waals surface area contributed by atoms with E-state index in [1.54, 1.807) is 42.2 Å². The fourth-order valence-corrected chi connectivity index (χ4v) is 7.10. The monoisotopic (exact) mass is 508 g/mol. The maximum absolute atomic E-state index is 13.6. The number of carbonyl (C=O) groups is 1. The molecular formula is C25H24N4O4S2. The molecule has 0 bridgehead atoms. The average Bonchev–Trinajstić information content (AvgIpc) is 3.48. The van der Waals surface area contributed by atoms with Gasteiger partial charge < -0.3 is 5.32 Å². The molecule has 0 saturated heterocycles. The standard InChI is InChI=1S/C25H24N4O4S2/c1-17-23(25(31)29(27(17)2)20-11-4-3-5-12-20)26-24(30)21-15-18-9-6-7-10-19(18)16-28(21)35(32,33)22-13-8-14-34-22/h3-14,21H,15-16H2,1-2H3,(H,26,30). The lowest BCUT2D eigenvalue weighted by molar-refractivity contribution is -0.120. The molecule has 0 radical (unpaired) electrons. The normalized spacial score (nSPS) is 16.1. The first-order valence-corrected chi connectivity index (χ1v) is 13.4. The van der Waals surface area contributed by atoms with Gasteiger partial charge in [-0.3, -0.25) is 14.3 Å². The largest absolute Gasteiger partial charge is 0.319 e. The molecule has 35 heavy (non-hydrogen) atoms. The van der Waals surface area contributed by atoms with Crippen LogP contribution in [0.15, 0.2) is 81.1 Å². The van der Waals surface area contributed by atoms with Crippen LogP contribution in [0.5, 0.6) is 0 Å². The lowest BCUT2D eigenvalue weighted by Gasteiger charge is -2.34. The number of sulfonamides is 1. The van der Waals surface area contributed by atoms with E-state index in [-0.39, 0.29) is 28.4 Å². The van der Waals surface area contributed by atoms with Crippen LogP contribution in [0.3, 0.4) is 0 Å². The number of anilines is 1. The predicted molar refractivity (Wildman–Crippen MR) is 135 cm³/mol. The van der Waals surface area contributed by atoms with E-state index >= 15 is 0 Å². The van der Waals surface area contributed by atoms with Gasteiger partial charge in [-0.05, 0) is 48.1 Å². The van der Waals surface area contributed by atoms with Gasteiger partial charge in [0.05, 0.1) is 11.4 Å². The van der Waals surface area contributed by atoms with E-state index in [0.717, 1.165) is 22.5 Å². The summed E-state index contributed by atoms with van der Waals surface area (Å²) in [5.74, 6) is -0.536. The molecule has 1 aliphatic rings. The van der Waals surface area contributed by atoms with E-state index in [4.69, 9.17) is 0 Å². The van der Waals surface area contributed by atoms with Gasteiger partial charge >= 0.3 is 0 Å². The molecule has 180 valence electrons. The molecule has 1 unspecified atom stereocenters. The number of nitrogens with zero attached hydrogens (tertiary/aromatic N) is 3. The zero-order valence-corrected chi connectivity index (χ0v) is 20.8. The molecule has 1 atom stereocenters. The molecule has 1 aliphatic heterocycles. The molecule has 1 N–H and O–H groups in total. The maximum Gasteiger partial charge on any atom is 0.295 e. The van der Waals surface area contributed by atoms with Gasteiger partial charge in [-0.1, -0.05) is 48.5 Å². The van der Waals surface area contributed by atoms with Crippen molar-refractivity contribution in [2.75, 3.05) is 5.32 Å². The molecule has 0 fully saturated rings. The number of para-hydroxylation sites is 1. The predicted octanol–water partition coefficient (Wildman–Crippen LogP) is 3.30.